The maximum atomic E-state index is 12.7. The van der Waals surface area contributed by atoms with Gasteiger partial charge in [0, 0.05) is 26.2 Å². The van der Waals surface area contributed by atoms with Gasteiger partial charge in [-0.25, -0.2) is 8.42 Å². The standard InChI is InChI=1S/C20H22N2O3S/c23-20(19-14-17-8-4-5-9-18(17)19)21-10-12-22(13-11-21)26(24,25)15-16-6-2-1-3-7-16/h1-9,19H,10-15H2. The molecule has 2 aromatic carbocycles. The highest BCUT2D eigenvalue weighted by molar-refractivity contribution is 7.88. The summed E-state index contributed by atoms with van der Waals surface area (Å²) in [6.07, 6.45) is 0.793. The summed E-state index contributed by atoms with van der Waals surface area (Å²) >= 11 is 0. The number of nitrogens with zero attached hydrogens (tertiary/aromatic N) is 2. The molecule has 1 saturated heterocycles. The van der Waals surface area contributed by atoms with E-state index in [-0.39, 0.29) is 17.6 Å². The van der Waals surface area contributed by atoms with Gasteiger partial charge in [0.15, 0.2) is 0 Å². The van der Waals surface area contributed by atoms with Crippen molar-refractivity contribution < 1.29 is 13.2 Å². The first kappa shape index (κ1) is 17.2. The minimum absolute atomic E-state index is 0.0117. The molecular formula is C20H22N2O3S. The number of amides is 1. The van der Waals surface area contributed by atoms with Gasteiger partial charge in [-0.15, -0.1) is 0 Å². The summed E-state index contributed by atoms with van der Waals surface area (Å²) in [5.41, 5.74) is 3.16. The largest absolute Gasteiger partial charge is 0.340 e. The van der Waals surface area contributed by atoms with Crippen LogP contribution in [0.4, 0.5) is 0 Å². The number of rotatable bonds is 4. The predicted molar refractivity (Wildman–Crippen MR) is 100 cm³/mol. The van der Waals surface area contributed by atoms with Gasteiger partial charge in [-0.1, -0.05) is 54.6 Å². The van der Waals surface area contributed by atoms with Crippen molar-refractivity contribution in [3.63, 3.8) is 0 Å². The first-order valence-electron chi connectivity index (χ1n) is 8.93. The Labute approximate surface area is 154 Å². The van der Waals surface area contributed by atoms with Crippen molar-refractivity contribution in [2.45, 2.75) is 18.1 Å². The summed E-state index contributed by atoms with van der Waals surface area (Å²) in [7, 11) is -3.35. The number of piperazine rings is 1. The second kappa shape index (κ2) is 6.85. The van der Waals surface area contributed by atoms with E-state index in [1.54, 1.807) is 0 Å². The first-order chi connectivity index (χ1) is 12.5. The molecular weight excluding hydrogens is 348 g/mol. The summed E-state index contributed by atoms with van der Waals surface area (Å²) in [5, 5.41) is 0. The van der Waals surface area contributed by atoms with Crippen molar-refractivity contribution in [1.82, 2.24) is 9.21 Å². The molecule has 0 aromatic heterocycles. The van der Waals surface area contributed by atoms with E-state index < -0.39 is 10.0 Å². The Morgan fingerprint density at radius 3 is 2.27 bits per heavy atom. The van der Waals surface area contributed by atoms with Crippen molar-refractivity contribution in [2.24, 2.45) is 0 Å². The van der Waals surface area contributed by atoms with Crippen LogP contribution < -0.4 is 0 Å². The molecule has 1 unspecified atom stereocenters. The minimum Gasteiger partial charge on any atom is -0.340 e. The molecule has 2 aliphatic rings. The molecule has 1 amide bonds. The highest BCUT2D eigenvalue weighted by atomic mass is 32.2. The Morgan fingerprint density at radius 1 is 0.923 bits per heavy atom. The monoisotopic (exact) mass is 370 g/mol. The van der Waals surface area contributed by atoms with Crippen LogP contribution in [0.25, 0.3) is 0 Å². The van der Waals surface area contributed by atoms with Crippen LogP contribution in [0, 0.1) is 0 Å². The van der Waals surface area contributed by atoms with Gasteiger partial charge < -0.3 is 4.90 Å². The molecule has 2 aromatic rings. The summed E-state index contributed by atoms with van der Waals surface area (Å²) < 4.78 is 26.8. The lowest BCUT2D eigenvalue weighted by Crippen LogP contribution is -2.52. The molecule has 6 heteroatoms. The second-order valence-corrected chi connectivity index (χ2v) is 8.89. The number of carbonyl (C=O) groups excluding carboxylic acids is 1. The Bertz CT molecular complexity index is 904. The lowest BCUT2D eigenvalue weighted by atomic mass is 9.77. The van der Waals surface area contributed by atoms with Crippen LogP contribution in [0.15, 0.2) is 54.6 Å². The van der Waals surface area contributed by atoms with Crippen LogP contribution in [-0.4, -0.2) is 49.7 Å². The maximum absolute atomic E-state index is 12.7. The molecule has 136 valence electrons. The predicted octanol–water partition coefficient (Wildman–Crippen LogP) is 2.00. The fourth-order valence-electron chi connectivity index (χ4n) is 3.76. The highest BCUT2D eigenvalue weighted by Crippen LogP contribution is 2.36. The average molecular weight is 370 g/mol. The Kier molecular flexibility index (Phi) is 4.54. The average Bonchev–Trinajstić information content (AvgIpc) is 2.63. The number of benzene rings is 2. The Morgan fingerprint density at radius 2 is 1.58 bits per heavy atom. The molecule has 0 saturated carbocycles. The number of sulfonamides is 1. The van der Waals surface area contributed by atoms with Crippen molar-refractivity contribution in [1.29, 1.82) is 0 Å². The molecule has 26 heavy (non-hydrogen) atoms. The van der Waals surface area contributed by atoms with Gasteiger partial charge in [0.2, 0.25) is 15.9 Å². The molecule has 1 fully saturated rings. The molecule has 1 heterocycles. The van der Waals surface area contributed by atoms with E-state index in [2.05, 4.69) is 6.07 Å². The van der Waals surface area contributed by atoms with Gasteiger partial charge in [0.25, 0.3) is 0 Å². The van der Waals surface area contributed by atoms with E-state index in [4.69, 9.17) is 0 Å². The van der Waals surface area contributed by atoms with Crippen LogP contribution in [-0.2, 0) is 27.0 Å². The van der Waals surface area contributed by atoms with Crippen LogP contribution in [0.2, 0.25) is 0 Å². The second-order valence-electron chi connectivity index (χ2n) is 6.92. The van der Waals surface area contributed by atoms with Gasteiger partial charge in [-0.05, 0) is 23.1 Å². The Balaban J connectivity index is 1.36. The van der Waals surface area contributed by atoms with E-state index >= 15 is 0 Å². The zero-order valence-corrected chi connectivity index (χ0v) is 15.4. The fraction of sp³-hybridized carbons (Fsp3) is 0.350. The number of hydrogen-bond donors (Lipinski definition) is 0. The zero-order chi connectivity index (χ0) is 18.1. The third-order valence-corrected chi connectivity index (χ3v) is 7.14. The topological polar surface area (TPSA) is 57.7 Å². The quantitative estimate of drug-likeness (QED) is 0.827. The molecule has 5 nitrogen and oxygen atoms in total. The van der Waals surface area contributed by atoms with Gasteiger partial charge >= 0.3 is 0 Å². The van der Waals surface area contributed by atoms with Crippen LogP contribution in [0.1, 0.15) is 22.6 Å². The zero-order valence-electron chi connectivity index (χ0n) is 14.5. The van der Waals surface area contributed by atoms with Crippen LogP contribution >= 0.6 is 0 Å². The van der Waals surface area contributed by atoms with Gasteiger partial charge in [-0.2, -0.15) is 4.31 Å². The maximum Gasteiger partial charge on any atom is 0.230 e. The first-order valence-corrected chi connectivity index (χ1v) is 10.5. The van der Waals surface area contributed by atoms with Crippen LogP contribution in [0.3, 0.4) is 0 Å². The van der Waals surface area contributed by atoms with Crippen molar-refractivity contribution in [3.8, 4) is 0 Å². The smallest absolute Gasteiger partial charge is 0.230 e. The van der Waals surface area contributed by atoms with Crippen LogP contribution in [0.5, 0.6) is 0 Å². The van der Waals surface area contributed by atoms with Gasteiger partial charge in [-0.3, -0.25) is 4.79 Å². The molecule has 1 aliphatic carbocycles. The molecule has 0 radical (unpaired) electrons. The van der Waals surface area contributed by atoms with Crippen molar-refractivity contribution >= 4 is 15.9 Å². The molecule has 0 spiro atoms. The van der Waals surface area contributed by atoms with E-state index in [0.717, 1.165) is 17.5 Å². The van der Waals surface area contributed by atoms with E-state index in [1.807, 2.05) is 53.4 Å². The number of hydrogen-bond acceptors (Lipinski definition) is 3. The van der Waals surface area contributed by atoms with Gasteiger partial charge in [0.05, 0.1) is 11.7 Å². The molecule has 1 aliphatic heterocycles. The third-order valence-electron chi connectivity index (χ3n) is 5.29. The minimum atomic E-state index is -3.35. The summed E-state index contributed by atoms with van der Waals surface area (Å²) in [6.45, 7) is 1.67. The van der Waals surface area contributed by atoms with Crippen molar-refractivity contribution in [3.05, 3.63) is 71.3 Å². The normalized spacial score (nSPS) is 20.3. The lowest BCUT2D eigenvalue weighted by molar-refractivity contribution is -0.134. The van der Waals surface area contributed by atoms with E-state index in [1.165, 1.54) is 9.87 Å². The molecule has 1 atom stereocenters. The molecule has 0 bridgehead atoms. The third kappa shape index (κ3) is 3.27. The number of fused-ring (bicyclic) bond motifs is 1. The van der Waals surface area contributed by atoms with Gasteiger partial charge in [0.1, 0.15) is 0 Å². The van der Waals surface area contributed by atoms with Crippen molar-refractivity contribution in [2.75, 3.05) is 26.2 Å². The SMILES string of the molecule is O=C(C1Cc2ccccc21)N1CCN(S(=O)(=O)Cc2ccccc2)CC1. The summed E-state index contributed by atoms with van der Waals surface area (Å²) in [6, 6.07) is 17.3. The lowest BCUT2D eigenvalue weighted by Gasteiger charge is -2.38. The van der Waals surface area contributed by atoms with E-state index in [9.17, 15) is 13.2 Å². The summed E-state index contributed by atoms with van der Waals surface area (Å²) in [5.74, 6) is 0.0834. The molecule has 4 rings (SSSR count). The summed E-state index contributed by atoms with van der Waals surface area (Å²) in [4.78, 5) is 14.6. The Hall–Kier alpha value is -2.18. The highest BCUT2D eigenvalue weighted by Gasteiger charge is 2.37. The number of carbonyl (C=O) groups is 1. The molecule has 0 N–H and O–H groups in total. The fourth-order valence-corrected chi connectivity index (χ4v) is 5.28. The van der Waals surface area contributed by atoms with E-state index in [0.29, 0.717) is 26.2 Å².